The van der Waals surface area contributed by atoms with Crippen molar-refractivity contribution in [3.8, 4) is 0 Å². The van der Waals surface area contributed by atoms with Crippen LogP contribution in [-0.2, 0) is 0 Å². The van der Waals surface area contributed by atoms with Crippen LogP contribution in [-0.4, -0.2) is 28.3 Å². The highest BCUT2D eigenvalue weighted by Crippen LogP contribution is 2.34. The molecule has 0 atom stereocenters. The second-order valence-electron chi connectivity index (χ2n) is 4.81. The van der Waals surface area contributed by atoms with E-state index >= 15 is 0 Å². The number of aromatic amines is 1. The van der Waals surface area contributed by atoms with E-state index in [1.807, 2.05) is 0 Å². The first-order valence-corrected chi connectivity index (χ1v) is 5.74. The number of nitrogens with two attached hydrogens (primary N) is 1. The van der Waals surface area contributed by atoms with Crippen LogP contribution in [0.4, 0.5) is 11.9 Å². The van der Waals surface area contributed by atoms with Crippen molar-refractivity contribution in [3.05, 3.63) is 0 Å². The van der Waals surface area contributed by atoms with Crippen molar-refractivity contribution in [1.29, 1.82) is 0 Å². The van der Waals surface area contributed by atoms with Crippen LogP contribution in [0.25, 0.3) is 0 Å². The Hall–Kier alpha value is -1.26. The van der Waals surface area contributed by atoms with E-state index in [-0.39, 0.29) is 0 Å². The van der Waals surface area contributed by atoms with E-state index in [1.54, 1.807) is 0 Å². The average Bonchev–Trinajstić information content (AvgIpc) is 3.11. The lowest BCUT2D eigenvalue weighted by molar-refractivity contribution is 0.663. The van der Waals surface area contributed by atoms with Gasteiger partial charge in [0.1, 0.15) is 0 Å². The Morgan fingerprint density at radius 3 is 2.20 bits per heavy atom. The van der Waals surface area contributed by atoms with Crippen molar-refractivity contribution in [2.75, 3.05) is 23.7 Å². The summed E-state index contributed by atoms with van der Waals surface area (Å²) >= 11 is 0. The molecule has 0 amide bonds. The van der Waals surface area contributed by atoms with Crippen LogP contribution < -0.4 is 10.6 Å². The first kappa shape index (κ1) is 9.00. The molecule has 2 aliphatic rings. The Labute approximate surface area is 89.1 Å². The molecule has 0 aromatic carbocycles. The lowest BCUT2D eigenvalue weighted by Crippen LogP contribution is -2.29. The number of nitrogens with zero attached hydrogens (tertiary/aromatic N) is 3. The summed E-state index contributed by atoms with van der Waals surface area (Å²) < 4.78 is 0. The van der Waals surface area contributed by atoms with Crippen LogP contribution in [0.15, 0.2) is 0 Å². The standard InChI is InChI=1S/C10H17N5/c11-9-12-10(14-13-9)15(5-7-1-2-7)6-8-3-4-8/h7-8H,1-6H2,(H3,11,12,13,14). The molecule has 2 aliphatic carbocycles. The zero-order valence-corrected chi connectivity index (χ0v) is 8.82. The first-order valence-electron chi connectivity index (χ1n) is 5.74. The second kappa shape index (κ2) is 3.40. The highest BCUT2D eigenvalue weighted by atomic mass is 15.4. The number of nitrogen functional groups attached to an aromatic ring is 1. The molecular weight excluding hydrogens is 190 g/mol. The number of hydrogen-bond acceptors (Lipinski definition) is 4. The third-order valence-electron chi connectivity index (χ3n) is 3.12. The fraction of sp³-hybridized carbons (Fsp3) is 0.800. The minimum absolute atomic E-state index is 0.418. The van der Waals surface area contributed by atoms with E-state index in [0.717, 1.165) is 30.9 Å². The normalized spacial score (nSPS) is 20.5. The van der Waals surface area contributed by atoms with Gasteiger partial charge in [0, 0.05) is 13.1 Å². The quantitative estimate of drug-likeness (QED) is 0.756. The average molecular weight is 207 g/mol. The van der Waals surface area contributed by atoms with Gasteiger partial charge in [-0.05, 0) is 37.5 Å². The predicted octanol–water partition coefficient (Wildman–Crippen LogP) is 1.01. The van der Waals surface area contributed by atoms with Crippen LogP contribution in [0.5, 0.6) is 0 Å². The Morgan fingerprint density at radius 1 is 1.20 bits per heavy atom. The fourth-order valence-corrected chi connectivity index (χ4v) is 1.87. The number of rotatable bonds is 5. The maximum absolute atomic E-state index is 5.55. The zero-order valence-electron chi connectivity index (χ0n) is 8.82. The molecule has 0 radical (unpaired) electrons. The van der Waals surface area contributed by atoms with Gasteiger partial charge in [-0.2, -0.15) is 4.98 Å². The lowest BCUT2D eigenvalue weighted by Gasteiger charge is -2.20. The number of nitrogens with one attached hydrogen (secondary N) is 1. The summed E-state index contributed by atoms with van der Waals surface area (Å²) in [4.78, 5) is 6.50. The van der Waals surface area contributed by atoms with Gasteiger partial charge in [-0.1, -0.05) is 0 Å². The highest BCUT2D eigenvalue weighted by Gasteiger charge is 2.30. The molecule has 1 aromatic rings. The van der Waals surface area contributed by atoms with Gasteiger partial charge in [0.15, 0.2) is 0 Å². The van der Waals surface area contributed by atoms with Crippen LogP contribution in [0.3, 0.4) is 0 Å². The summed E-state index contributed by atoms with van der Waals surface area (Å²) in [6.07, 6.45) is 5.45. The first-order chi connectivity index (χ1) is 7.31. The van der Waals surface area contributed by atoms with Crippen LogP contribution in [0.1, 0.15) is 25.7 Å². The molecule has 0 aliphatic heterocycles. The van der Waals surface area contributed by atoms with Gasteiger partial charge in [-0.25, -0.2) is 5.10 Å². The van der Waals surface area contributed by atoms with Crippen molar-refractivity contribution in [2.45, 2.75) is 25.7 Å². The van der Waals surface area contributed by atoms with E-state index in [9.17, 15) is 0 Å². The van der Waals surface area contributed by atoms with Crippen molar-refractivity contribution < 1.29 is 0 Å². The van der Waals surface area contributed by atoms with Crippen molar-refractivity contribution in [2.24, 2.45) is 11.8 Å². The molecular formula is C10H17N5. The highest BCUT2D eigenvalue weighted by molar-refractivity contribution is 5.34. The van der Waals surface area contributed by atoms with Gasteiger partial charge >= 0.3 is 0 Å². The van der Waals surface area contributed by atoms with Crippen LogP contribution in [0.2, 0.25) is 0 Å². The Bertz CT molecular complexity index is 325. The number of aromatic nitrogens is 3. The Kier molecular flexibility index (Phi) is 2.04. The summed E-state index contributed by atoms with van der Waals surface area (Å²) in [6, 6.07) is 0. The molecule has 5 heteroatoms. The van der Waals surface area contributed by atoms with Gasteiger partial charge in [0.2, 0.25) is 11.9 Å². The second-order valence-corrected chi connectivity index (χ2v) is 4.81. The fourth-order valence-electron chi connectivity index (χ4n) is 1.87. The molecule has 15 heavy (non-hydrogen) atoms. The minimum atomic E-state index is 0.418. The lowest BCUT2D eigenvalue weighted by atomic mass is 10.3. The molecule has 0 saturated heterocycles. The summed E-state index contributed by atoms with van der Waals surface area (Å²) in [7, 11) is 0. The third kappa shape index (κ3) is 2.22. The van der Waals surface area contributed by atoms with Crippen molar-refractivity contribution >= 4 is 11.9 Å². The molecule has 1 heterocycles. The summed E-state index contributed by atoms with van der Waals surface area (Å²) in [6.45, 7) is 2.21. The van der Waals surface area contributed by atoms with Gasteiger partial charge in [-0.15, -0.1) is 5.10 Å². The summed E-state index contributed by atoms with van der Waals surface area (Å²) in [5, 5.41) is 6.85. The van der Waals surface area contributed by atoms with Gasteiger partial charge < -0.3 is 10.6 Å². The van der Waals surface area contributed by atoms with E-state index in [4.69, 9.17) is 5.73 Å². The summed E-state index contributed by atoms with van der Waals surface area (Å²) in [5.74, 6) is 2.93. The van der Waals surface area contributed by atoms with Crippen LogP contribution in [0, 0.1) is 11.8 Å². The third-order valence-corrected chi connectivity index (χ3v) is 3.12. The molecule has 5 nitrogen and oxygen atoms in total. The largest absolute Gasteiger partial charge is 0.368 e. The molecule has 2 saturated carbocycles. The van der Waals surface area contributed by atoms with Gasteiger partial charge in [0.05, 0.1) is 0 Å². The predicted molar refractivity (Wildman–Crippen MR) is 58.5 cm³/mol. The summed E-state index contributed by atoms with van der Waals surface area (Å²) in [5.41, 5.74) is 5.55. The maximum atomic E-state index is 5.55. The molecule has 3 rings (SSSR count). The molecule has 1 aromatic heterocycles. The minimum Gasteiger partial charge on any atom is -0.368 e. The van der Waals surface area contributed by atoms with Crippen LogP contribution >= 0.6 is 0 Å². The smallest absolute Gasteiger partial charge is 0.246 e. The zero-order chi connectivity index (χ0) is 10.3. The molecule has 3 N–H and O–H groups in total. The SMILES string of the molecule is Nc1nc(N(CC2CC2)CC2CC2)n[nH]1. The Morgan fingerprint density at radius 2 is 1.80 bits per heavy atom. The van der Waals surface area contributed by atoms with Gasteiger partial charge in [-0.3, -0.25) is 0 Å². The van der Waals surface area contributed by atoms with E-state index < -0.39 is 0 Å². The topological polar surface area (TPSA) is 70.8 Å². The van der Waals surface area contributed by atoms with E-state index in [2.05, 4.69) is 20.1 Å². The van der Waals surface area contributed by atoms with E-state index in [1.165, 1.54) is 25.7 Å². The van der Waals surface area contributed by atoms with Crippen molar-refractivity contribution in [3.63, 3.8) is 0 Å². The number of anilines is 2. The molecule has 2 fully saturated rings. The molecule has 0 bridgehead atoms. The van der Waals surface area contributed by atoms with E-state index in [0.29, 0.717) is 5.95 Å². The maximum Gasteiger partial charge on any atom is 0.246 e. The molecule has 0 spiro atoms. The van der Waals surface area contributed by atoms with Crippen molar-refractivity contribution in [1.82, 2.24) is 15.2 Å². The molecule has 82 valence electrons. The monoisotopic (exact) mass is 207 g/mol. The number of H-pyrrole nitrogens is 1. The number of hydrogen-bond donors (Lipinski definition) is 2. The van der Waals surface area contributed by atoms with Gasteiger partial charge in [0.25, 0.3) is 0 Å². The molecule has 0 unspecified atom stereocenters. The Balaban J connectivity index is 1.68.